The Morgan fingerprint density at radius 3 is 2.14 bits per heavy atom. The molecule has 1 saturated carbocycles. The van der Waals surface area contributed by atoms with Gasteiger partial charge in [-0.3, -0.25) is 13.9 Å². The minimum Gasteiger partial charge on any atom is -0.493 e. The van der Waals surface area contributed by atoms with Crippen molar-refractivity contribution in [2.45, 2.75) is 62.0 Å². The average Bonchev–Trinajstić information content (AvgIpc) is 3.14. The lowest BCUT2D eigenvalue weighted by Crippen LogP contribution is -2.55. The molecule has 1 fully saturated rings. The number of methoxy groups -OCH3 is 2. The van der Waals surface area contributed by atoms with Crippen LogP contribution in [0.5, 0.6) is 11.5 Å². The summed E-state index contributed by atoms with van der Waals surface area (Å²) in [5.74, 6) is -0.393. The lowest BCUT2D eigenvalue weighted by Gasteiger charge is -2.35. The molecule has 0 aliphatic heterocycles. The van der Waals surface area contributed by atoms with Gasteiger partial charge >= 0.3 is 0 Å². The molecule has 0 radical (unpaired) electrons. The van der Waals surface area contributed by atoms with Gasteiger partial charge in [-0.15, -0.1) is 0 Å². The normalized spacial score (nSPS) is 14.0. The Bertz CT molecular complexity index is 1920. The summed E-state index contributed by atoms with van der Waals surface area (Å²) < 4.78 is 40.6. The van der Waals surface area contributed by atoms with Crippen molar-refractivity contribution >= 4 is 62.3 Å². The van der Waals surface area contributed by atoms with E-state index in [1.54, 1.807) is 30.3 Å². The van der Waals surface area contributed by atoms with Gasteiger partial charge in [-0.1, -0.05) is 90.5 Å². The topological polar surface area (TPSA) is 105 Å². The van der Waals surface area contributed by atoms with Crippen molar-refractivity contribution in [3.05, 3.63) is 117 Å². The second kappa shape index (κ2) is 17.5. The van der Waals surface area contributed by atoms with Crippen LogP contribution >= 0.6 is 34.8 Å². The number of benzene rings is 4. The molecule has 9 nitrogen and oxygen atoms in total. The molecule has 5 rings (SSSR count). The van der Waals surface area contributed by atoms with Crippen molar-refractivity contribution in [3.8, 4) is 11.5 Å². The minimum absolute atomic E-state index is 0.0255. The van der Waals surface area contributed by atoms with Gasteiger partial charge in [0.15, 0.2) is 11.5 Å². The number of hydrogen-bond acceptors (Lipinski definition) is 6. The molecule has 0 spiro atoms. The van der Waals surface area contributed by atoms with E-state index in [4.69, 9.17) is 44.3 Å². The highest BCUT2D eigenvalue weighted by Gasteiger charge is 2.36. The van der Waals surface area contributed by atoms with E-state index in [2.05, 4.69) is 5.32 Å². The summed E-state index contributed by atoms with van der Waals surface area (Å²) in [7, 11) is -1.55. The monoisotopic (exact) mass is 771 g/mol. The van der Waals surface area contributed by atoms with E-state index in [1.807, 2.05) is 30.3 Å². The van der Waals surface area contributed by atoms with Gasteiger partial charge in [0.1, 0.15) is 12.6 Å². The van der Waals surface area contributed by atoms with E-state index in [0.717, 1.165) is 42.0 Å². The zero-order valence-electron chi connectivity index (χ0n) is 28.4. The molecule has 1 unspecified atom stereocenters. The number of halogens is 3. The first-order chi connectivity index (χ1) is 24.5. The van der Waals surface area contributed by atoms with Gasteiger partial charge < -0.3 is 19.7 Å². The molecule has 51 heavy (non-hydrogen) atoms. The summed E-state index contributed by atoms with van der Waals surface area (Å²) in [5.41, 5.74) is 1.64. The second-order valence-corrected chi connectivity index (χ2v) is 15.4. The Kier molecular flexibility index (Phi) is 13.1. The molecule has 270 valence electrons. The number of ether oxygens (including phenoxy) is 2. The molecular weight excluding hydrogens is 733 g/mol. The molecule has 1 aliphatic carbocycles. The minimum atomic E-state index is -4.40. The van der Waals surface area contributed by atoms with Gasteiger partial charge in [-0.2, -0.15) is 0 Å². The van der Waals surface area contributed by atoms with Crippen LogP contribution in [0, 0.1) is 0 Å². The molecule has 2 amide bonds. The molecule has 1 atom stereocenters. The number of nitrogens with one attached hydrogen (secondary N) is 1. The number of sulfonamides is 1. The Hall–Kier alpha value is -3.96. The molecule has 0 bridgehead atoms. The number of nitrogens with zero attached hydrogens (tertiary/aromatic N) is 2. The van der Waals surface area contributed by atoms with E-state index in [9.17, 15) is 18.0 Å². The lowest BCUT2D eigenvalue weighted by atomic mass is 9.94. The summed E-state index contributed by atoms with van der Waals surface area (Å²) >= 11 is 18.8. The number of carbonyl (C=O) groups excluding carboxylic acids is 2. The highest BCUT2D eigenvalue weighted by atomic mass is 35.5. The van der Waals surface area contributed by atoms with Gasteiger partial charge in [-0.25, -0.2) is 8.42 Å². The van der Waals surface area contributed by atoms with Crippen LogP contribution in [0.25, 0.3) is 0 Å². The fraction of sp³-hybridized carbons (Fsp3) is 0.316. The van der Waals surface area contributed by atoms with Gasteiger partial charge in [0.05, 0.1) is 34.8 Å². The largest absolute Gasteiger partial charge is 0.493 e. The van der Waals surface area contributed by atoms with E-state index in [0.29, 0.717) is 21.4 Å². The average molecular weight is 773 g/mol. The second-order valence-electron chi connectivity index (χ2n) is 12.3. The van der Waals surface area contributed by atoms with Gasteiger partial charge in [0.25, 0.3) is 10.0 Å². The predicted molar refractivity (Wildman–Crippen MR) is 201 cm³/mol. The Morgan fingerprint density at radius 1 is 0.804 bits per heavy atom. The molecule has 0 heterocycles. The van der Waals surface area contributed by atoms with Crippen LogP contribution < -0.4 is 19.1 Å². The van der Waals surface area contributed by atoms with Crippen LogP contribution in [0.15, 0.2) is 95.9 Å². The summed E-state index contributed by atoms with van der Waals surface area (Å²) in [5, 5.41) is 4.21. The number of hydrogen-bond donors (Lipinski definition) is 1. The molecule has 4 aromatic carbocycles. The summed E-state index contributed by atoms with van der Waals surface area (Å²) in [6.07, 6.45) is 5.00. The zero-order chi connectivity index (χ0) is 36.5. The standard InChI is InChI=1S/C38H40Cl3N3O6S/c1-49-35-20-18-31(23-36(35)50-2)51(47,48)44(30-16-14-28(39)15-17-30)25-37(45)43(24-27-13-19-32(40)33(41)21-27)34(22-26-9-5-3-6-10-26)38(46)42-29-11-7-4-8-12-29/h3,5-6,9-10,13-21,23,29,34H,4,7-8,11-12,22,24-25H2,1-2H3,(H,42,46). The molecule has 0 saturated heterocycles. The van der Waals surface area contributed by atoms with Crippen LogP contribution in [0.4, 0.5) is 5.69 Å². The Balaban J connectivity index is 1.59. The molecular formula is C38H40Cl3N3O6S. The lowest BCUT2D eigenvalue weighted by molar-refractivity contribution is -0.140. The quantitative estimate of drug-likeness (QED) is 0.140. The maximum absolute atomic E-state index is 14.8. The highest BCUT2D eigenvalue weighted by Crippen LogP contribution is 2.33. The summed E-state index contributed by atoms with van der Waals surface area (Å²) in [6, 6.07) is 23.7. The first-order valence-electron chi connectivity index (χ1n) is 16.6. The van der Waals surface area contributed by atoms with Gasteiger partial charge in [-0.05, 0) is 72.5 Å². The van der Waals surface area contributed by atoms with Crippen LogP contribution in [-0.4, -0.2) is 58.0 Å². The summed E-state index contributed by atoms with van der Waals surface area (Å²) in [4.78, 5) is 30.4. The Morgan fingerprint density at radius 2 is 1.49 bits per heavy atom. The maximum atomic E-state index is 14.8. The van der Waals surface area contributed by atoms with Crippen molar-refractivity contribution in [3.63, 3.8) is 0 Å². The highest BCUT2D eigenvalue weighted by molar-refractivity contribution is 7.92. The Labute approximate surface area is 314 Å². The van der Waals surface area contributed by atoms with Crippen molar-refractivity contribution in [1.29, 1.82) is 0 Å². The zero-order valence-corrected chi connectivity index (χ0v) is 31.4. The van der Waals surface area contributed by atoms with E-state index < -0.39 is 28.5 Å². The fourth-order valence-corrected chi connectivity index (χ4v) is 8.05. The van der Waals surface area contributed by atoms with Gasteiger partial charge in [0.2, 0.25) is 11.8 Å². The maximum Gasteiger partial charge on any atom is 0.264 e. The SMILES string of the molecule is COc1ccc(S(=O)(=O)N(CC(=O)N(Cc2ccc(Cl)c(Cl)c2)C(Cc2ccccc2)C(=O)NC2CCCCC2)c2ccc(Cl)cc2)cc1OC. The fourth-order valence-electron chi connectivity index (χ4n) is 6.17. The van der Waals surface area contributed by atoms with Crippen molar-refractivity contribution in [2.24, 2.45) is 0 Å². The van der Waals surface area contributed by atoms with E-state index >= 15 is 0 Å². The number of anilines is 1. The van der Waals surface area contributed by atoms with Crippen LogP contribution in [-0.2, 0) is 32.6 Å². The first-order valence-corrected chi connectivity index (χ1v) is 19.2. The number of carbonyl (C=O) groups is 2. The third kappa shape index (κ3) is 9.68. The smallest absolute Gasteiger partial charge is 0.264 e. The third-order valence-electron chi connectivity index (χ3n) is 8.90. The van der Waals surface area contributed by atoms with Crippen LogP contribution in [0.2, 0.25) is 15.1 Å². The molecule has 0 aromatic heterocycles. The molecule has 1 N–H and O–H groups in total. The molecule has 4 aromatic rings. The molecule has 13 heteroatoms. The van der Waals surface area contributed by atoms with Crippen LogP contribution in [0.1, 0.15) is 43.2 Å². The van der Waals surface area contributed by atoms with Gasteiger partial charge in [0, 0.05) is 30.1 Å². The van der Waals surface area contributed by atoms with Crippen molar-refractivity contribution < 1.29 is 27.5 Å². The van der Waals surface area contributed by atoms with E-state index in [1.165, 1.54) is 49.5 Å². The van der Waals surface area contributed by atoms with Crippen molar-refractivity contribution in [2.75, 3.05) is 25.1 Å². The van der Waals surface area contributed by atoms with Crippen LogP contribution in [0.3, 0.4) is 0 Å². The molecule has 1 aliphatic rings. The first kappa shape index (κ1) is 38.3. The van der Waals surface area contributed by atoms with Crippen molar-refractivity contribution in [1.82, 2.24) is 10.2 Å². The number of rotatable bonds is 14. The third-order valence-corrected chi connectivity index (χ3v) is 11.7. The summed E-state index contributed by atoms with van der Waals surface area (Å²) in [6.45, 7) is -0.683. The number of amides is 2. The predicted octanol–water partition coefficient (Wildman–Crippen LogP) is 7.95. The van der Waals surface area contributed by atoms with E-state index in [-0.39, 0.29) is 46.3 Å².